The molecule has 0 aliphatic carbocycles. The third-order valence-electron chi connectivity index (χ3n) is 2.58. The third-order valence-corrected chi connectivity index (χ3v) is 3.73. The molecule has 0 unspecified atom stereocenters. The van der Waals surface area contributed by atoms with Gasteiger partial charge in [0.2, 0.25) is 0 Å². The van der Waals surface area contributed by atoms with Gasteiger partial charge in [-0.05, 0) is 37.6 Å². The standard InChI is InChI=1S/C15H15N3OS/c1-10-9-13(20-12(10)6-4-8-16)15(19)18-14-7-3-5-11(2)17-14/h3,5,7,9H,8,16H2,1-2H3,(H,17,18,19). The normalized spacial score (nSPS) is 9.75. The van der Waals surface area contributed by atoms with E-state index in [1.54, 1.807) is 6.07 Å². The van der Waals surface area contributed by atoms with E-state index in [1.165, 1.54) is 11.3 Å². The van der Waals surface area contributed by atoms with Crippen LogP contribution in [0, 0.1) is 25.7 Å². The van der Waals surface area contributed by atoms with Gasteiger partial charge in [-0.2, -0.15) is 0 Å². The lowest BCUT2D eigenvalue weighted by Gasteiger charge is -2.02. The van der Waals surface area contributed by atoms with Crippen LogP contribution in [0.4, 0.5) is 5.82 Å². The fraction of sp³-hybridized carbons (Fsp3) is 0.200. The Morgan fingerprint density at radius 2 is 2.25 bits per heavy atom. The van der Waals surface area contributed by atoms with Crippen LogP contribution < -0.4 is 11.1 Å². The van der Waals surface area contributed by atoms with Crippen molar-refractivity contribution in [3.05, 3.63) is 45.3 Å². The van der Waals surface area contributed by atoms with E-state index in [0.29, 0.717) is 17.2 Å². The number of anilines is 1. The lowest BCUT2D eigenvalue weighted by Crippen LogP contribution is -2.11. The van der Waals surface area contributed by atoms with Gasteiger partial charge in [-0.1, -0.05) is 17.9 Å². The van der Waals surface area contributed by atoms with Crippen LogP contribution in [0.5, 0.6) is 0 Å². The minimum Gasteiger partial charge on any atom is -0.320 e. The molecule has 0 fully saturated rings. The zero-order chi connectivity index (χ0) is 14.5. The van der Waals surface area contributed by atoms with E-state index in [0.717, 1.165) is 16.1 Å². The highest BCUT2D eigenvalue weighted by molar-refractivity contribution is 7.14. The average molecular weight is 285 g/mol. The van der Waals surface area contributed by atoms with Gasteiger partial charge in [-0.15, -0.1) is 11.3 Å². The van der Waals surface area contributed by atoms with E-state index >= 15 is 0 Å². The van der Waals surface area contributed by atoms with Crippen LogP contribution in [-0.2, 0) is 0 Å². The predicted molar refractivity (Wildman–Crippen MR) is 81.9 cm³/mol. The number of pyridine rings is 1. The molecule has 102 valence electrons. The minimum absolute atomic E-state index is 0.169. The molecule has 3 N–H and O–H groups in total. The third kappa shape index (κ3) is 3.44. The Bertz CT molecular complexity index is 695. The van der Waals surface area contributed by atoms with Crippen LogP contribution in [0.1, 0.15) is 25.8 Å². The Labute approximate surface area is 122 Å². The lowest BCUT2D eigenvalue weighted by molar-refractivity contribution is 0.103. The fourth-order valence-corrected chi connectivity index (χ4v) is 2.58. The van der Waals surface area contributed by atoms with Crippen molar-refractivity contribution >= 4 is 23.1 Å². The summed E-state index contributed by atoms with van der Waals surface area (Å²) in [5.41, 5.74) is 7.20. The summed E-state index contributed by atoms with van der Waals surface area (Å²) in [6.07, 6.45) is 0. The molecular formula is C15H15N3OS. The molecule has 2 aromatic heterocycles. The molecule has 0 spiro atoms. The molecule has 0 saturated carbocycles. The molecule has 0 radical (unpaired) electrons. The number of carbonyl (C=O) groups is 1. The van der Waals surface area contributed by atoms with E-state index in [2.05, 4.69) is 22.1 Å². The SMILES string of the molecule is Cc1cccc(NC(=O)c2cc(C)c(C#CCN)s2)n1. The van der Waals surface area contributed by atoms with E-state index in [9.17, 15) is 4.79 Å². The van der Waals surface area contributed by atoms with Crippen molar-refractivity contribution in [1.29, 1.82) is 0 Å². The molecular weight excluding hydrogens is 270 g/mol. The second-order valence-corrected chi connectivity index (χ2v) is 5.30. The Morgan fingerprint density at radius 3 is 2.95 bits per heavy atom. The van der Waals surface area contributed by atoms with Gasteiger partial charge in [-0.25, -0.2) is 4.98 Å². The number of nitrogens with one attached hydrogen (secondary N) is 1. The van der Waals surface area contributed by atoms with Crippen molar-refractivity contribution in [3.63, 3.8) is 0 Å². The number of thiophene rings is 1. The molecule has 2 rings (SSSR count). The number of hydrogen-bond donors (Lipinski definition) is 2. The van der Waals surface area contributed by atoms with Crippen LogP contribution in [0.3, 0.4) is 0 Å². The van der Waals surface area contributed by atoms with Crippen molar-refractivity contribution in [3.8, 4) is 11.8 Å². The highest BCUT2D eigenvalue weighted by atomic mass is 32.1. The molecule has 0 aromatic carbocycles. The Balaban J connectivity index is 2.17. The van der Waals surface area contributed by atoms with Gasteiger partial charge >= 0.3 is 0 Å². The first-order valence-electron chi connectivity index (χ1n) is 6.14. The molecule has 2 heterocycles. The van der Waals surface area contributed by atoms with Crippen LogP contribution >= 0.6 is 11.3 Å². The van der Waals surface area contributed by atoms with Gasteiger partial charge in [0.05, 0.1) is 16.3 Å². The summed E-state index contributed by atoms with van der Waals surface area (Å²) in [5.74, 6) is 6.15. The molecule has 0 atom stereocenters. The minimum atomic E-state index is -0.169. The molecule has 0 saturated heterocycles. The number of amides is 1. The number of nitrogens with two attached hydrogens (primary N) is 1. The monoisotopic (exact) mass is 285 g/mol. The summed E-state index contributed by atoms with van der Waals surface area (Å²) >= 11 is 1.36. The van der Waals surface area contributed by atoms with Gasteiger partial charge in [-0.3, -0.25) is 4.79 Å². The molecule has 5 heteroatoms. The lowest BCUT2D eigenvalue weighted by atomic mass is 10.2. The summed E-state index contributed by atoms with van der Waals surface area (Å²) in [6, 6.07) is 7.33. The molecule has 0 bridgehead atoms. The maximum atomic E-state index is 12.2. The second kappa shape index (κ2) is 6.33. The largest absolute Gasteiger partial charge is 0.320 e. The Hall–Kier alpha value is -2.16. The van der Waals surface area contributed by atoms with Crippen LogP contribution in [-0.4, -0.2) is 17.4 Å². The summed E-state index contributed by atoms with van der Waals surface area (Å²) in [4.78, 5) is 17.9. The first-order valence-corrected chi connectivity index (χ1v) is 6.96. The number of carbonyl (C=O) groups excluding carboxylic acids is 1. The van der Waals surface area contributed by atoms with Gasteiger partial charge in [0, 0.05) is 5.69 Å². The highest BCUT2D eigenvalue weighted by Gasteiger charge is 2.12. The van der Waals surface area contributed by atoms with Crippen LogP contribution in [0.25, 0.3) is 0 Å². The van der Waals surface area contributed by atoms with E-state index in [-0.39, 0.29) is 5.91 Å². The zero-order valence-electron chi connectivity index (χ0n) is 11.4. The van der Waals surface area contributed by atoms with Crippen LogP contribution in [0.2, 0.25) is 0 Å². The van der Waals surface area contributed by atoms with Gasteiger partial charge in [0.15, 0.2) is 0 Å². The number of rotatable bonds is 2. The second-order valence-electron chi connectivity index (χ2n) is 4.25. The average Bonchev–Trinajstić information content (AvgIpc) is 2.78. The first-order chi connectivity index (χ1) is 9.60. The molecule has 2 aromatic rings. The maximum Gasteiger partial charge on any atom is 0.266 e. The Morgan fingerprint density at radius 1 is 1.45 bits per heavy atom. The first kappa shape index (κ1) is 14.3. The Kier molecular flexibility index (Phi) is 4.51. The topological polar surface area (TPSA) is 68.0 Å². The number of nitrogens with zero attached hydrogens (tertiary/aromatic N) is 1. The summed E-state index contributed by atoms with van der Waals surface area (Å²) in [7, 11) is 0. The van der Waals surface area contributed by atoms with E-state index in [4.69, 9.17) is 5.73 Å². The number of aromatic nitrogens is 1. The van der Waals surface area contributed by atoms with Crippen molar-refractivity contribution in [2.24, 2.45) is 5.73 Å². The fourth-order valence-electron chi connectivity index (χ4n) is 1.64. The van der Waals surface area contributed by atoms with Gasteiger partial charge < -0.3 is 11.1 Å². The molecule has 1 amide bonds. The predicted octanol–water partition coefficient (Wildman–Crippen LogP) is 2.32. The van der Waals surface area contributed by atoms with Gasteiger partial charge in [0.25, 0.3) is 5.91 Å². The van der Waals surface area contributed by atoms with E-state index < -0.39 is 0 Å². The van der Waals surface area contributed by atoms with Crippen molar-refractivity contribution in [1.82, 2.24) is 4.98 Å². The summed E-state index contributed by atoms with van der Waals surface area (Å²) < 4.78 is 0. The zero-order valence-corrected chi connectivity index (χ0v) is 12.2. The van der Waals surface area contributed by atoms with Crippen LogP contribution in [0.15, 0.2) is 24.3 Å². The summed E-state index contributed by atoms with van der Waals surface area (Å²) in [6.45, 7) is 4.12. The molecule has 0 aliphatic heterocycles. The van der Waals surface area contributed by atoms with E-state index in [1.807, 2.05) is 32.0 Å². The van der Waals surface area contributed by atoms with Crippen molar-refractivity contribution in [2.45, 2.75) is 13.8 Å². The molecule has 0 aliphatic rings. The quantitative estimate of drug-likeness (QED) is 0.832. The summed E-state index contributed by atoms with van der Waals surface area (Å²) in [5, 5.41) is 2.78. The van der Waals surface area contributed by atoms with Crippen molar-refractivity contribution in [2.75, 3.05) is 11.9 Å². The highest BCUT2D eigenvalue weighted by Crippen LogP contribution is 2.21. The molecule has 20 heavy (non-hydrogen) atoms. The van der Waals surface area contributed by atoms with Gasteiger partial charge in [0.1, 0.15) is 5.82 Å². The molecule has 4 nitrogen and oxygen atoms in total. The van der Waals surface area contributed by atoms with Crippen molar-refractivity contribution < 1.29 is 4.79 Å². The number of aryl methyl sites for hydroxylation is 2. The number of hydrogen-bond acceptors (Lipinski definition) is 4. The maximum absolute atomic E-state index is 12.2. The smallest absolute Gasteiger partial charge is 0.266 e.